The Morgan fingerprint density at radius 3 is 2.33 bits per heavy atom. The summed E-state index contributed by atoms with van der Waals surface area (Å²) >= 11 is 0. The first-order valence-corrected chi connectivity index (χ1v) is 6.26. The second-order valence-corrected chi connectivity index (χ2v) is 4.12. The van der Waals surface area contributed by atoms with Crippen LogP contribution in [0.2, 0.25) is 0 Å². The third-order valence-electron chi connectivity index (χ3n) is 2.52. The highest BCUT2D eigenvalue weighted by molar-refractivity contribution is 5.56. The molecule has 0 radical (unpaired) electrons. The van der Waals surface area contributed by atoms with Gasteiger partial charge in [-0.15, -0.1) is 0 Å². The molecule has 0 saturated carbocycles. The van der Waals surface area contributed by atoms with Gasteiger partial charge in [-0.25, -0.2) is 13.2 Å². The molecule has 8 heteroatoms. The van der Waals surface area contributed by atoms with Crippen molar-refractivity contribution in [3.8, 4) is 17.4 Å². The van der Waals surface area contributed by atoms with E-state index in [1.165, 1.54) is 0 Å². The molecule has 0 aliphatic carbocycles. The molecule has 2 aromatic rings. The highest BCUT2D eigenvalue weighted by Crippen LogP contribution is 2.23. The zero-order chi connectivity index (χ0) is 15.4. The van der Waals surface area contributed by atoms with Crippen molar-refractivity contribution >= 4 is 5.95 Å². The van der Waals surface area contributed by atoms with Gasteiger partial charge < -0.3 is 10.1 Å². The summed E-state index contributed by atoms with van der Waals surface area (Å²) in [5.74, 6) is -4.00. The summed E-state index contributed by atoms with van der Waals surface area (Å²) in [7, 11) is 1.58. The Labute approximate surface area is 119 Å². The first kappa shape index (κ1) is 15.0. The van der Waals surface area contributed by atoms with Crippen LogP contribution in [0.25, 0.3) is 11.4 Å². The highest BCUT2D eigenvalue weighted by Gasteiger charge is 2.15. The standard InChI is InChI=1S/C13H13F3N4O/c1-3-4-21-13-19-11(18-12(17-2)20-13)7-5-8(14)10(16)9(15)6-7/h5-6H,3-4H2,1-2H3,(H,17,18,19,20). The van der Waals surface area contributed by atoms with Gasteiger partial charge in [0.2, 0.25) is 5.95 Å². The molecule has 1 N–H and O–H groups in total. The molecule has 0 bridgehead atoms. The van der Waals surface area contributed by atoms with E-state index >= 15 is 0 Å². The predicted octanol–water partition coefficient (Wildman–Crippen LogP) is 2.79. The van der Waals surface area contributed by atoms with Crippen LogP contribution < -0.4 is 10.1 Å². The molecule has 112 valence electrons. The van der Waals surface area contributed by atoms with Gasteiger partial charge in [-0.3, -0.25) is 0 Å². The van der Waals surface area contributed by atoms with E-state index in [1.807, 2.05) is 6.92 Å². The minimum absolute atomic E-state index is 0.00773. The Hall–Kier alpha value is -2.38. The molecule has 0 saturated heterocycles. The number of halogens is 3. The van der Waals surface area contributed by atoms with Crippen LogP contribution in [0.15, 0.2) is 12.1 Å². The number of hydrogen-bond acceptors (Lipinski definition) is 5. The second kappa shape index (κ2) is 6.38. The average Bonchev–Trinajstić information content (AvgIpc) is 2.49. The van der Waals surface area contributed by atoms with E-state index in [1.54, 1.807) is 7.05 Å². The maximum atomic E-state index is 13.3. The lowest BCUT2D eigenvalue weighted by molar-refractivity contribution is 0.292. The van der Waals surface area contributed by atoms with Gasteiger partial charge in [0.1, 0.15) is 0 Å². The van der Waals surface area contributed by atoms with Crippen LogP contribution in [0.1, 0.15) is 13.3 Å². The largest absolute Gasteiger partial charge is 0.463 e. The van der Waals surface area contributed by atoms with Crippen molar-refractivity contribution in [3.05, 3.63) is 29.6 Å². The van der Waals surface area contributed by atoms with Gasteiger partial charge in [-0.05, 0) is 18.6 Å². The van der Waals surface area contributed by atoms with Gasteiger partial charge in [0.05, 0.1) is 6.61 Å². The highest BCUT2D eigenvalue weighted by atomic mass is 19.2. The van der Waals surface area contributed by atoms with Crippen LogP contribution in [-0.4, -0.2) is 28.6 Å². The molecule has 0 aliphatic rings. The minimum Gasteiger partial charge on any atom is -0.463 e. The first-order valence-electron chi connectivity index (χ1n) is 6.26. The number of aromatic nitrogens is 3. The normalized spacial score (nSPS) is 10.5. The summed E-state index contributed by atoms with van der Waals surface area (Å²) in [6.45, 7) is 2.30. The molecular weight excluding hydrogens is 285 g/mol. The molecule has 1 aromatic carbocycles. The van der Waals surface area contributed by atoms with Crippen molar-refractivity contribution in [1.29, 1.82) is 0 Å². The van der Waals surface area contributed by atoms with Gasteiger partial charge in [-0.2, -0.15) is 15.0 Å². The number of rotatable bonds is 5. The van der Waals surface area contributed by atoms with Gasteiger partial charge in [0.15, 0.2) is 23.3 Å². The fraction of sp³-hybridized carbons (Fsp3) is 0.308. The van der Waals surface area contributed by atoms with Crippen LogP contribution in [0.4, 0.5) is 19.1 Å². The molecule has 0 spiro atoms. The number of nitrogens with one attached hydrogen (secondary N) is 1. The summed E-state index contributed by atoms with van der Waals surface area (Å²) in [6.07, 6.45) is 0.746. The Morgan fingerprint density at radius 2 is 1.76 bits per heavy atom. The molecule has 0 fully saturated rings. The Bertz CT molecular complexity index is 628. The van der Waals surface area contributed by atoms with Crippen LogP contribution in [0.3, 0.4) is 0 Å². The molecule has 0 aliphatic heterocycles. The maximum Gasteiger partial charge on any atom is 0.321 e. The summed E-state index contributed by atoms with van der Waals surface area (Å²) in [4.78, 5) is 11.9. The Balaban J connectivity index is 2.47. The maximum absolute atomic E-state index is 13.3. The summed E-state index contributed by atoms with van der Waals surface area (Å²) in [5.41, 5.74) is -0.00773. The molecular formula is C13H13F3N4O. The number of hydrogen-bond donors (Lipinski definition) is 1. The van der Waals surface area contributed by atoms with Crippen molar-refractivity contribution in [1.82, 2.24) is 15.0 Å². The quantitative estimate of drug-likeness (QED) is 0.860. The van der Waals surface area contributed by atoms with E-state index in [2.05, 4.69) is 20.3 Å². The van der Waals surface area contributed by atoms with E-state index < -0.39 is 17.5 Å². The van der Waals surface area contributed by atoms with E-state index in [-0.39, 0.29) is 23.3 Å². The zero-order valence-electron chi connectivity index (χ0n) is 11.5. The lowest BCUT2D eigenvalue weighted by atomic mass is 10.2. The van der Waals surface area contributed by atoms with Crippen molar-refractivity contribution in [2.75, 3.05) is 19.0 Å². The summed E-state index contributed by atoms with van der Waals surface area (Å²) in [5, 5.41) is 2.69. The Kier molecular flexibility index (Phi) is 4.56. The third-order valence-corrected chi connectivity index (χ3v) is 2.52. The lowest BCUT2D eigenvalue weighted by Gasteiger charge is -2.08. The summed E-state index contributed by atoms with van der Waals surface area (Å²) in [6, 6.07) is 1.66. The minimum atomic E-state index is -1.54. The van der Waals surface area contributed by atoms with Crippen LogP contribution in [0.5, 0.6) is 6.01 Å². The SMILES string of the molecule is CCCOc1nc(NC)nc(-c2cc(F)c(F)c(F)c2)n1. The van der Waals surface area contributed by atoms with E-state index in [0.29, 0.717) is 6.61 Å². The molecule has 0 unspecified atom stereocenters. The fourth-order valence-electron chi connectivity index (χ4n) is 1.54. The van der Waals surface area contributed by atoms with Crippen molar-refractivity contribution in [2.45, 2.75) is 13.3 Å². The van der Waals surface area contributed by atoms with E-state index in [0.717, 1.165) is 18.6 Å². The topological polar surface area (TPSA) is 59.9 Å². The van der Waals surface area contributed by atoms with Gasteiger partial charge in [0, 0.05) is 12.6 Å². The molecule has 21 heavy (non-hydrogen) atoms. The van der Waals surface area contributed by atoms with Gasteiger partial charge >= 0.3 is 6.01 Å². The second-order valence-electron chi connectivity index (χ2n) is 4.12. The van der Waals surface area contributed by atoms with Crippen LogP contribution in [0, 0.1) is 17.5 Å². The van der Waals surface area contributed by atoms with Gasteiger partial charge in [0.25, 0.3) is 0 Å². The fourth-order valence-corrected chi connectivity index (χ4v) is 1.54. The van der Waals surface area contributed by atoms with Crippen LogP contribution in [-0.2, 0) is 0 Å². The number of anilines is 1. The average molecular weight is 298 g/mol. The molecule has 0 atom stereocenters. The van der Waals surface area contributed by atoms with E-state index in [9.17, 15) is 13.2 Å². The van der Waals surface area contributed by atoms with Gasteiger partial charge in [-0.1, -0.05) is 6.92 Å². The summed E-state index contributed by atoms with van der Waals surface area (Å²) < 4.78 is 44.8. The number of benzene rings is 1. The molecule has 1 aromatic heterocycles. The van der Waals surface area contributed by atoms with Crippen molar-refractivity contribution < 1.29 is 17.9 Å². The number of nitrogens with zero attached hydrogens (tertiary/aromatic N) is 3. The zero-order valence-corrected chi connectivity index (χ0v) is 11.5. The monoisotopic (exact) mass is 298 g/mol. The van der Waals surface area contributed by atoms with Crippen molar-refractivity contribution in [2.24, 2.45) is 0 Å². The molecule has 0 amide bonds. The molecule has 1 heterocycles. The molecule has 5 nitrogen and oxygen atoms in total. The Morgan fingerprint density at radius 1 is 1.10 bits per heavy atom. The third kappa shape index (κ3) is 3.39. The van der Waals surface area contributed by atoms with Crippen LogP contribution >= 0.6 is 0 Å². The predicted molar refractivity (Wildman–Crippen MR) is 70.5 cm³/mol. The lowest BCUT2D eigenvalue weighted by Crippen LogP contribution is -2.06. The van der Waals surface area contributed by atoms with Crippen molar-refractivity contribution in [3.63, 3.8) is 0 Å². The van der Waals surface area contributed by atoms with E-state index in [4.69, 9.17) is 4.74 Å². The molecule has 2 rings (SSSR count). The smallest absolute Gasteiger partial charge is 0.321 e. The first-order chi connectivity index (χ1) is 10.0. The number of ether oxygens (including phenoxy) is 1.